The molecule has 0 radical (unpaired) electrons. The van der Waals surface area contributed by atoms with Crippen LogP contribution in [-0.4, -0.2) is 5.78 Å². The van der Waals surface area contributed by atoms with Crippen LogP contribution in [0.2, 0.25) is 0 Å². The molecule has 0 fully saturated rings. The van der Waals surface area contributed by atoms with Crippen molar-refractivity contribution in [3.8, 4) is 12.1 Å². The SMILES string of the molecule is Cc1cccc(C(=O)C[C@H](c2ccccc2)C(C#N)C#N)c1. The summed E-state index contributed by atoms with van der Waals surface area (Å²) in [6.45, 7) is 1.93. The highest BCUT2D eigenvalue weighted by Crippen LogP contribution is 2.29. The Kier molecular flexibility index (Phi) is 5.07. The first-order valence-corrected chi connectivity index (χ1v) is 7.09. The second-order valence-corrected chi connectivity index (χ2v) is 5.25. The quantitative estimate of drug-likeness (QED) is 0.781. The summed E-state index contributed by atoms with van der Waals surface area (Å²) in [7, 11) is 0. The van der Waals surface area contributed by atoms with Crippen molar-refractivity contribution in [2.75, 3.05) is 0 Å². The van der Waals surface area contributed by atoms with Crippen LogP contribution in [0.5, 0.6) is 0 Å². The molecule has 0 bridgehead atoms. The number of benzene rings is 2. The molecule has 0 spiro atoms. The van der Waals surface area contributed by atoms with E-state index in [4.69, 9.17) is 0 Å². The smallest absolute Gasteiger partial charge is 0.163 e. The van der Waals surface area contributed by atoms with E-state index in [9.17, 15) is 15.3 Å². The van der Waals surface area contributed by atoms with Crippen LogP contribution in [0, 0.1) is 35.5 Å². The Bertz CT molecular complexity index is 724. The molecule has 0 aliphatic rings. The van der Waals surface area contributed by atoms with Crippen molar-refractivity contribution in [1.29, 1.82) is 10.5 Å². The minimum absolute atomic E-state index is 0.0481. The van der Waals surface area contributed by atoms with E-state index in [0.717, 1.165) is 11.1 Å². The van der Waals surface area contributed by atoms with Crippen molar-refractivity contribution in [2.24, 2.45) is 5.92 Å². The van der Waals surface area contributed by atoms with Gasteiger partial charge in [-0.1, -0.05) is 54.1 Å². The molecule has 0 N–H and O–H groups in total. The molecule has 2 aromatic carbocycles. The van der Waals surface area contributed by atoms with Gasteiger partial charge in [0.05, 0.1) is 12.1 Å². The van der Waals surface area contributed by atoms with Gasteiger partial charge in [-0.05, 0) is 18.6 Å². The number of hydrogen-bond donors (Lipinski definition) is 0. The van der Waals surface area contributed by atoms with Crippen LogP contribution >= 0.6 is 0 Å². The Hall–Kier alpha value is -2.91. The van der Waals surface area contributed by atoms with Crippen molar-refractivity contribution >= 4 is 5.78 Å². The first-order valence-electron chi connectivity index (χ1n) is 7.09. The van der Waals surface area contributed by atoms with Gasteiger partial charge in [0.1, 0.15) is 5.92 Å². The van der Waals surface area contributed by atoms with Gasteiger partial charge in [-0.25, -0.2) is 0 Å². The van der Waals surface area contributed by atoms with Crippen LogP contribution in [0.4, 0.5) is 0 Å². The van der Waals surface area contributed by atoms with Crippen LogP contribution < -0.4 is 0 Å². The van der Waals surface area contributed by atoms with E-state index in [-0.39, 0.29) is 12.2 Å². The van der Waals surface area contributed by atoms with Crippen LogP contribution in [0.25, 0.3) is 0 Å². The third kappa shape index (κ3) is 3.59. The van der Waals surface area contributed by atoms with Crippen molar-refractivity contribution in [3.63, 3.8) is 0 Å². The number of hydrogen-bond acceptors (Lipinski definition) is 3. The molecule has 0 saturated carbocycles. The number of carbonyl (C=O) groups is 1. The third-order valence-corrected chi connectivity index (χ3v) is 3.65. The molecular formula is C19H16N2O. The first kappa shape index (κ1) is 15.5. The Morgan fingerprint density at radius 2 is 1.73 bits per heavy atom. The molecule has 0 aromatic heterocycles. The predicted molar refractivity (Wildman–Crippen MR) is 84.0 cm³/mol. The van der Waals surface area contributed by atoms with Gasteiger partial charge in [-0.3, -0.25) is 4.79 Å². The number of Topliss-reactive ketones (excluding diaryl/α,β-unsaturated/α-hetero) is 1. The van der Waals surface area contributed by atoms with E-state index < -0.39 is 11.8 Å². The molecule has 108 valence electrons. The maximum atomic E-state index is 12.5. The normalized spacial score (nSPS) is 11.5. The van der Waals surface area contributed by atoms with Gasteiger partial charge in [0.15, 0.2) is 5.78 Å². The fraction of sp³-hybridized carbons (Fsp3) is 0.211. The van der Waals surface area contributed by atoms with Gasteiger partial charge in [0.2, 0.25) is 0 Å². The number of rotatable bonds is 5. The zero-order valence-corrected chi connectivity index (χ0v) is 12.4. The number of nitrogens with zero attached hydrogens (tertiary/aromatic N) is 2. The fourth-order valence-electron chi connectivity index (χ4n) is 2.47. The largest absolute Gasteiger partial charge is 0.294 e. The summed E-state index contributed by atoms with van der Waals surface area (Å²) in [5, 5.41) is 18.4. The molecule has 0 amide bonds. The molecule has 22 heavy (non-hydrogen) atoms. The summed E-state index contributed by atoms with van der Waals surface area (Å²) < 4.78 is 0. The molecule has 3 nitrogen and oxygen atoms in total. The molecule has 0 unspecified atom stereocenters. The monoisotopic (exact) mass is 288 g/mol. The van der Waals surface area contributed by atoms with E-state index in [1.807, 2.05) is 67.6 Å². The van der Waals surface area contributed by atoms with Gasteiger partial charge >= 0.3 is 0 Å². The highest BCUT2D eigenvalue weighted by molar-refractivity contribution is 5.96. The number of aryl methyl sites for hydroxylation is 1. The number of carbonyl (C=O) groups excluding carboxylic acids is 1. The van der Waals surface area contributed by atoms with E-state index in [1.54, 1.807) is 6.07 Å². The highest BCUT2D eigenvalue weighted by atomic mass is 16.1. The zero-order chi connectivity index (χ0) is 15.9. The molecule has 0 aliphatic heterocycles. The molecule has 1 atom stereocenters. The molecule has 0 heterocycles. The lowest BCUT2D eigenvalue weighted by molar-refractivity contribution is 0.0970. The summed E-state index contributed by atoms with van der Waals surface area (Å²) in [6, 6.07) is 20.7. The fourth-order valence-corrected chi connectivity index (χ4v) is 2.47. The van der Waals surface area contributed by atoms with Gasteiger partial charge in [0, 0.05) is 17.9 Å². The molecule has 2 aromatic rings. The lowest BCUT2D eigenvalue weighted by Gasteiger charge is -2.17. The van der Waals surface area contributed by atoms with Crippen LogP contribution in [0.3, 0.4) is 0 Å². The second-order valence-electron chi connectivity index (χ2n) is 5.25. The summed E-state index contributed by atoms with van der Waals surface area (Å²) >= 11 is 0. The summed E-state index contributed by atoms with van der Waals surface area (Å²) in [4.78, 5) is 12.5. The molecular weight excluding hydrogens is 272 g/mol. The maximum absolute atomic E-state index is 12.5. The average Bonchev–Trinajstić information content (AvgIpc) is 2.55. The molecule has 3 heteroatoms. The standard InChI is InChI=1S/C19H16N2O/c1-14-6-5-9-16(10-14)19(22)11-18(17(12-20)13-21)15-7-3-2-4-8-15/h2-10,17-18H,11H2,1H3/t18-/m1/s1. The third-order valence-electron chi connectivity index (χ3n) is 3.65. The van der Waals surface area contributed by atoms with Crippen LogP contribution in [0.15, 0.2) is 54.6 Å². The van der Waals surface area contributed by atoms with E-state index in [2.05, 4.69) is 0 Å². The Morgan fingerprint density at radius 1 is 1.05 bits per heavy atom. The van der Waals surface area contributed by atoms with Crippen molar-refractivity contribution in [2.45, 2.75) is 19.3 Å². The zero-order valence-electron chi connectivity index (χ0n) is 12.4. The van der Waals surface area contributed by atoms with E-state index in [0.29, 0.717) is 5.56 Å². The predicted octanol–water partition coefficient (Wildman–Crippen LogP) is 4.01. The van der Waals surface area contributed by atoms with Gasteiger partial charge < -0.3 is 0 Å². The summed E-state index contributed by atoms with van der Waals surface area (Å²) in [6.07, 6.45) is 0.152. The molecule has 2 rings (SSSR count). The maximum Gasteiger partial charge on any atom is 0.163 e. The van der Waals surface area contributed by atoms with E-state index >= 15 is 0 Å². The Balaban J connectivity index is 2.30. The molecule has 0 saturated heterocycles. The highest BCUT2D eigenvalue weighted by Gasteiger charge is 2.26. The van der Waals surface area contributed by atoms with Crippen LogP contribution in [0.1, 0.15) is 33.8 Å². The minimum atomic E-state index is -0.837. The first-order chi connectivity index (χ1) is 10.7. The lowest BCUT2D eigenvalue weighted by atomic mass is 9.82. The number of nitriles is 2. The lowest BCUT2D eigenvalue weighted by Crippen LogP contribution is -2.15. The van der Waals surface area contributed by atoms with E-state index in [1.165, 1.54) is 0 Å². The summed E-state index contributed by atoms with van der Waals surface area (Å²) in [5.74, 6) is -1.30. The molecule has 0 aliphatic carbocycles. The number of ketones is 1. The van der Waals surface area contributed by atoms with Crippen molar-refractivity contribution in [1.82, 2.24) is 0 Å². The van der Waals surface area contributed by atoms with Crippen molar-refractivity contribution in [3.05, 3.63) is 71.3 Å². The Labute approximate surface area is 130 Å². The Morgan fingerprint density at radius 3 is 2.32 bits per heavy atom. The van der Waals surface area contributed by atoms with Crippen molar-refractivity contribution < 1.29 is 4.79 Å². The minimum Gasteiger partial charge on any atom is -0.294 e. The van der Waals surface area contributed by atoms with Crippen LogP contribution in [-0.2, 0) is 0 Å². The van der Waals surface area contributed by atoms with Gasteiger partial charge in [0.25, 0.3) is 0 Å². The second kappa shape index (κ2) is 7.20. The topological polar surface area (TPSA) is 64.7 Å². The summed E-state index contributed by atoms with van der Waals surface area (Å²) in [5.41, 5.74) is 2.48. The van der Waals surface area contributed by atoms with Gasteiger partial charge in [-0.2, -0.15) is 10.5 Å². The average molecular weight is 288 g/mol. The van der Waals surface area contributed by atoms with Gasteiger partial charge in [-0.15, -0.1) is 0 Å².